The number of nitrogens with zero attached hydrogens (tertiary/aromatic N) is 1. The van der Waals surface area contributed by atoms with Crippen molar-refractivity contribution in [1.82, 2.24) is 10.6 Å². The molecule has 0 spiro atoms. The van der Waals surface area contributed by atoms with Crippen molar-refractivity contribution < 1.29 is 28.8 Å². The largest absolute Gasteiger partial charge is 0.467 e. The number of carbonyl (C=O) groups excluding carboxylic acids is 4. The summed E-state index contributed by atoms with van der Waals surface area (Å²) in [6.45, 7) is 7.54. The Morgan fingerprint density at radius 3 is 1.89 bits per heavy atom. The van der Waals surface area contributed by atoms with E-state index in [1.165, 1.54) is 43.5 Å². The molecule has 11 heteroatoms. The van der Waals surface area contributed by atoms with E-state index in [2.05, 4.69) is 16.0 Å². The molecular formula is C27H34N4O7. The molecule has 0 aromatic heterocycles. The summed E-state index contributed by atoms with van der Waals surface area (Å²) in [7, 11) is 1.24. The normalized spacial score (nSPS) is 12.4. The predicted octanol–water partition coefficient (Wildman–Crippen LogP) is 3.70. The van der Waals surface area contributed by atoms with Gasteiger partial charge in [0.25, 0.3) is 17.5 Å². The van der Waals surface area contributed by atoms with Gasteiger partial charge >= 0.3 is 5.97 Å². The highest BCUT2D eigenvalue weighted by molar-refractivity contribution is 6.07. The van der Waals surface area contributed by atoms with Crippen molar-refractivity contribution in [3.63, 3.8) is 0 Å². The van der Waals surface area contributed by atoms with Crippen molar-refractivity contribution >= 4 is 35.1 Å². The molecule has 0 heterocycles. The maximum Gasteiger partial charge on any atom is 0.328 e. The van der Waals surface area contributed by atoms with Gasteiger partial charge in [-0.1, -0.05) is 52.0 Å². The van der Waals surface area contributed by atoms with Crippen molar-refractivity contribution in [1.29, 1.82) is 0 Å². The summed E-state index contributed by atoms with van der Waals surface area (Å²) in [4.78, 5) is 62.1. The third-order valence-corrected chi connectivity index (χ3v) is 5.60. The molecule has 0 aliphatic rings. The quantitative estimate of drug-likeness (QED) is 0.216. The Balaban J connectivity index is 2.27. The first-order chi connectivity index (χ1) is 17.9. The molecule has 0 saturated heterocycles. The molecule has 38 heavy (non-hydrogen) atoms. The van der Waals surface area contributed by atoms with Gasteiger partial charge < -0.3 is 20.7 Å². The van der Waals surface area contributed by atoms with Gasteiger partial charge in [0.1, 0.15) is 17.6 Å². The maximum absolute atomic E-state index is 13.3. The van der Waals surface area contributed by atoms with E-state index in [4.69, 9.17) is 4.74 Å². The lowest BCUT2D eigenvalue weighted by Gasteiger charge is -2.22. The van der Waals surface area contributed by atoms with Crippen LogP contribution in [0, 0.1) is 22.0 Å². The van der Waals surface area contributed by atoms with Crippen LogP contribution in [-0.4, -0.2) is 47.8 Å². The van der Waals surface area contributed by atoms with Crippen LogP contribution < -0.4 is 16.0 Å². The number of carbonyl (C=O) groups is 4. The molecule has 0 radical (unpaired) electrons. The number of ether oxygens (including phenoxy) is 1. The van der Waals surface area contributed by atoms with Crippen LogP contribution in [0.5, 0.6) is 0 Å². The van der Waals surface area contributed by atoms with E-state index in [1.807, 2.05) is 27.7 Å². The Kier molecular flexibility index (Phi) is 10.9. The summed E-state index contributed by atoms with van der Waals surface area (Å²) in [5.74, 6) is -2.43. The number of para-hydroxylation sites is 2. The average Bonchev–Trinajstić information content (AvgIpc) is 2.86. The molecule has 2 rings (SSSR count). The summed E-state index contributed by atoms with van der Waals surface area (Å²) in [6, 6.07) is 9.82. The minimum atomic E-state index is -1.04. The molecule has 204 valence electrons. The number of benzene rings is 2. The van der Waals surface area contributed by atoms with Crippen LogP contribution in [0.3, 0.4) is 0 Å². The fourth-order valence-corrected chi connectivity index (χ4v) is 3.84. The molecule has 3 N–H and O–H groups in total. The molecule has 1 unspecified atom stereocenters. The van der Waals surface area contributed by atoms with Crippen LogP contribution in [0.2, 0.25) is 0 Å². The first-order valence-corrected chi connectivity index (χ1v) is 12.3. The number of hydrogen-bond donors (Lipinski definition) is 3. The second-order valence-corrected chi connectivity index (χ2v) is 9.64. The first-order valence-electron chi connectivity index (χ1n) is 12.3. The van der Waals surface area contributed by atoms with Gasteiger partial charge in [-0.05, 0) is 42.9 Å². The van der Waals surface area contributed by atoms with Crippen LogP contribution in [0.25, 0.3) is 0 Å². The molecule has 0 fully saturated rings. The van der Waals surface area contributed by atoms with Gasteiger partial charge in [0, 0.05) is 6.07 Å². The van der Waals surface area contributed by atoms with Gasteiger partial charge in [-0.2, -0.15) is 0 Å². The number of hydrogen-bond acceptors (Lipinski definition) is 7. The molecule has 11 nitrogen and oxygen atoms in total. The van der Waals surface area contributed by atoms with Crippen molar-refractivity contribution in [3.05, 3.63) is 69.8 Å². The van der Waals surface area contributed by atoms with Crippen molar-refractivity contribution in [2.45, 2.75) is 52.6 Å². The van der Waals surface area contributed by atoms with Crippen LogP contribution in [0.15, 0.2) is 48.5 Å². The number of anilines is 1. The highest BCUT2D eigenvalue weighted by Crippen LogP contribution is 2.20. The first kappa shape index (κ1) is 29.9. The van der Waals surface area contributed by atoms with Crippen LogP contribution in [0.1, 0.15) is 61.3 Å². The number of esters is 1. The number of amides is 3. The highest BCUT2D eigenvalue weighted by atomic mass is 16.6. The Bertz CT molecular complexity index is 1180. The summed E-state index contributed by atoms with van der Waals surface area (Å²) in [6.07, 6.45) is 0.604. The lowest BCUT2D eigenvalue weighted by atomic mass is 10.0. The third kappa shape index (κ3) is 8.39. The lowest BCUT2D eigenvalue weighted by Crippen LogP contribution is -2.45. The van der Waals surface area contributed by atoms with Crippen molar-refractivity contribution in [2.24, 2.45) is 11.8 Å². The number of rotatable bonds is 12. The Morgan fingerprint density at radius 1 is 0.816 bits per heavy atom. The molecule has 0 aliphatic heterocycles. The number of nitro groups is 1. The standard InChI is InChI=1S/C27H34N4O7/c1-16(2)14-21(29-25(33)19-11-7-9-13-23(19)31(36)37)26(34)28-20-12-8-6-10-18(20)24(32)30-22(15-17(3)4)27(35)38-5/h6-13,16-17,21-22H,14-15H2,1-5H3,(H,28,34)(H,29,33)(H,30,32)/t21?,22-/m0/s1. The Morgan fingerprint density at radius 2 is 1.32 bits per heavy atom. The van der Waals surface area contributed by atoms with Gasteiger partial charge in [0.2, 0.25) is 5.91 Å². The minimum Gasteiger partial charge on any atom is -0.467 e. The molecule has 0 saturated carbocycles. The van der Waals surface area contributed by atoms with Gasteiger partial charge in [-0.15, -0.1) is 0 Å². The van der Waals surface area contributed by atoms with E-state index in [9.17, 15) is 29.3 Å². The minimum absolute atomic E-state index is 0.00722. The third-order valence-electron chi connectivity index (χ3n) is 5.60. The molecular weight excluding hydrogens is 492 g/mol. The molecule has 0 aliphatic carbocycles. The zero-order valence-corrected chi connectivity index (χ0v) is 22.1. The van der Waals surface area contributed by atoms with Gasteiger partial charge in [0.15, 0.2) is 0 Å². The fourth-order valence-electron chi connectivity index (χ4n) is 3.84. The van der Waals surface area contributed by atoms with Crippen LogP contribution >= 0.6 is 0 Å². The average molecular weight is 527 g/mol. The summed E-state index contributed by atoms with van der Waals surface area (Å²) >= 11 is 0. The summed E-state index contributed by atoms with van der Waals surface area (Å²) in [5, 5.41) is 19.3. The van der Waals surface area contributed by atoms with E-state index >= 15 is 0 Å². The fraction of sp³-hybridized carbons (Fsp3) is 0.407. The van der Waals surface area contributed by atoms with Crippen LogP contribution in [0.4, 0.5) is 11.4 Å². The molecule has 2 aromatic carbocycles. The monoisotopic (exact) mass is 526 g/mol. The number of nitrogens with one attached hydrogen (secondary N) is 3. The smallest absolute Gasteiger partial charge is 0.328 e. The van der Waals surface area contributed by atoms with Crippen LogP contribution in [-0.2, 0) is 14.3 Å². The van der Waals surface area contributed by atoms with Gasteiger partial charge in [-0.3, -0.25) is 24.5 Å². The second-order valence-electron chi connectivity index (χ2n) is 9.64. The predicted molar refractivity (Wildman–Crippen MR) is 142 cm³/mol. The van der Waals surface area contributed by atoms with E-state index in [-0.39, 0.29) is 40.8 Å². The zero-order valence-electron chi connectivity index (χ0n) is 22.1. The summed E-state index contributed by atoms with van der Waals surface area (Å²) < 4.78 is 4.80. The Labute approximate surface area is 221 Å². The Hall–Kier alpha value is -4.28. The van der Waals surface area contributed by atoms with E-state index in [0.717, 1.165) is 0 Å². The molecule has 2 atom stereocenters. The second kappa shape index (κ2) is 13.9. The molecule has 3 amide bonds. The number of nitro benzene ring substituents is 1. The number of methoxy groups -OCH3 is 1. The lowest BCUT2D eigenvalue weighted by molar-refractivity contribution is -0.385. The topological polar surface area (TPSA) is 157 Å². The van der Waals surface area contributed by atoms with E-state index in [1.54, 1.807) is 12.1 Å². The van der Waals surface area contributed by atoms with E-state index < -0.39 is 40.7 Å². The molecule has 0 bridgehead atoms. The summed E-state index contributed by atoms with van der Waals surface area (Å²) in [5.41, 5.74) is -0.251. The van der Waals surface area contributed by atoms with Gasteiger partial charge in [0.05, 0.1) is 23.3 Å². The molecule has 2 aromatic rings. The van der Waals surface area contributed by atoms with E-state index in [0.29, 0.717) is 6.42 Å². The SMILES string of the molecule is COC(=O)[C@H](CC(C)C)NC(=O)c1ccccc1NC(=O)C(CC(C)C)NC(=O)c1ccccc1[N+](=O)[O-]. The maximum atomic E-state index is 13.3. The van der Waals surface area contributed by atoms with Crippen molar-refractivity contribution in [3.8, 4) is 0 Å². The zero-order chi connectivity index (χ0) is 28.4. The van der Waals surface area contributed by atoms with Gasteiger partial charge in [-0.25, -0.2) is 4.79 Å². The van der Waals surface area contributed by atoms with Crippen molar-refractivity contribution in [2.75, 3.05) is 12.4 Å². The highest BCUT2D eigenvalue weighted by Gasteiger charge is 2.28.